The Morgan fingerprint density at radius 1 is 0.970 bits per heavy atom. The molecule has 0 spiro atoms. The third-order valence-corrected chi connectivity index (χ3v) is 5.65. The van der Waals surface area contributed by atoms with Crippen molar-refractivity contribution in [3.8, 4) is 0 Å². The highest BCUT2D eigenvalue weighted by molar-refractivity contribution is 7.99. The summed E-state index contributed by atoms with van der Waals surface area (Å²) in [5.41, 5.74) is 1.85. The highest BCUT2D eigenvalue weighted by Gasteiger charge is 2.18. The normalized spacial score (nSPS) is 10.7. The smallest absolute Gasteiger partial charge is 0.340 e. The summed E-state index contributed by atoms with van der Waals surface area (Å²) >= 11 is 1.27. The molecule has 4 aromatic rings. The number of aromatic nitrogens is 4. The molecule has 2 heterocycles. The number of amides is 1. The number of para-hydroxylation sites is 1. The number of benzene rings is 2. The maximum absolute atomic E-state index is 12.7. The van der Waals surface area contributed by atoms with Gasteiger partial charge in [0.25, 0.3) is 0 Å². The van der Waals surface area contributed by atoms with E-state index in [0.717, 1.165) is 11.4 Å². The lowest BCUT2D eigenvalue weighted by atomic mass is 10.1. The summed E-state index contributed by atoms with van der Waals surface area (Å²) in [4.78, 5) is 24.8. The fraction of sp³-hybridized carbons (Fsp3) is 0.167. The number of nitrogens with zero attached hydrogens (tertiary/aromatic N) is 4. The fourth-order valence-electron chi connectivity index (χ4n) is 3.26. The predicted octanol–water partition coefficient (Wildman–Crippen LogP) is 3.89. The molecule has 2 aromatic heterocycles. The third kappa shape index (κ3) is 5.50. The van der Waals surface area contributed by atoms with Crippen LogP contribution >= 0.6 is 11.8 Å². The lowest BCUT2D eigenvalue weighted by molar-refractivity contribution is -0.113. The molecule has 0 bridgehead atoms. The number of rotatable bonds is 9. The Balaban J connectivity index is 1.49. The van der Waals surface area contributed by atoms with Gasteiger partial charge in [0.15, 0.2) is 5.82 Å². The molecule has 0 fully saturated rings. The minimum absolute atomic E-state index is 0.0991. The second-order valence-electron chi connectivity index (χ2n) is 7.04. The number of thioether (sulfide) groups is 1. The maximum atomic E-state index is 12.7. The third-order valence-electron chi connectivity index (χ3n) is 4.73. The van der Waals surface area contributed by atoms with Crippen LogP contribution < -0.4 is 5.32 Å². The lowest BCUT2D eigenvalue weighted by Crippen LogP contribution is -2.18. The van der Waals surface area contributed by atoms with Crippen molar-refractivity contribution < 1.29 is 14.3 Å². The van der Waals surface area contributed by atoms with Crippen LogP contribution in [0, 0.1) is 0 Å². The van der Waals surface area contributed by atoms with Crippen LogP contribution in [-0.2, 0) is 16.0 Å². The van der Waals surface area contributed by atoms with Gasteiger partial charge in [-0.15, -0.1) is 10.2 Å². The summed E-state index contributed by atoms with van der Waals surface area (Å²) in [7, 11) is 0. The quantitative estimate of drug-likeness (QED) is 0.300. The van der Waals surface area contributed by atoms with E-state index >= 15 is 0 Å². The van der Waals surface area contributed by atoms with Crippen molar-refractivity contribution in [3.05, 3.63) is 96.1 Å². The van der Waals surface area contributed by atoms with Gasteiger partial charge in [0, 0.05) is 18.8 Å². The zero-order valence-electron chi connectivity index (χ0n) is 18.0. The van der Waals surface area contributed by atoms with E-state index in [2.05, 4.69) is 15.5 Å². The van der Waals surface area contributed by atoms with Gasteiger partial charge >= 0.3 is 5.97 Å². The maximum Gasteiger partial charge on any atom is 0.340 e. The predicted molar refractivity (Wildman–Crippen MR) is 126 cm³/mol. The van der Waals surface area contributed by atoms with Crippen LogP contribution in [-0.4, -0.2) is 43.8 Å². The van der Waals surface area contributed by atoms with E-state index in [1.807, 2.05) is 64.2 Å². The van der Waals surface area contributed by atoms with Crippen molar-refractivity contribution in [1.82, 2.24) is 19.5 Å². The summed E-state index contributed by atoms with van der Waals surface area (Å²) in [5.74, 6) is 0.123. The van der Waals surface area contributed by atoms with Gasteiger partial charge in [-0.1, -0.05) is 54.2 Å². The standard InChI is InChI=1S/C24H23N5O3S/c1-2-32-23(31)19-12-6-7-13-20(19)25-22(30)17-33-24-27-26-21(16-18-10-4-3-5-11-18)29(24)28-14-8-9-15-28/h3-15H,2,16-17H2,1H3,(H,25,30). The highest BCUT2D eigenvalue weighted by atomic mass is 32.2. The van der Waals surface area contributed by atoms with Gasteiger partial charge < -0.3 is 10.1 Å². The van der Waals surface area contributed by atoms with Crippen LogP contribution in [0.3, 0.4) is 0 Å². The van der Waals surface area contributed by atoms with Crippen molar-refractivity contribution in [3.63, 3.8) is 0 Å². The van der Waals surface area contributed by atoms with Gasteiger partial charge in [0.05, 0.1) is 23.6 Å². The van der Waals surface area contributed by atoms with E-state index in [-0.39, 0.29) is 18.3 Å². The van der Waals surface area contributed by atoms with Gasteiger partial charge in [-0.25, -0.2) is 9.47 Å². The number of nitrogens with one attached hydrogen (secondary N) is 1. The molecule has 0 unspecified atom stereocenters. The van der Waals surface area contributed by atoms with E-state index in [1.165, 1.54) is 11.8 Å². The van der Waals surface area contributed by atoms with Crippen molar-refractivity contribution in [2.75, 3.05) is 17.7 Å². The SMILES string of the molecule is CCOC(=O)c1ccccc1NC(=O)CSc1nnc(Cc2ccccc2)n1-n1cccc1. The molecule has 0 saturated heterocycles. The van der Waals surface area contributed by atoms with Gasteiger partial charge in [0.1, 0.15) is 0 Å². The molecule has 4 rings (SSSR count). The number of anilines is 1. The molecule has 0 radical (unpaired) electrons. The van der Waals surface area contributed by atoms with Crippen LogP contribution in [0.25, 0.3) is 0 Å². The van der Waals surface area contributed by atoms with Crippen LogP contribution in [0.2, 0.25) is 0 Å². The van der Waals surface area contributed by atoms with Crippen molar-refractivity contribution in [2.24, 2.45) is 0 Å². The van der Waals surface area contributed by atoms with Crippen molar-refractivity contribution in [1.29, 1.82) is 0 Å². The zero-order valence-corrected chi connectivity index (χ0v) is 18.9. The number of carbonyl (C=O) groups is 2. The minimum atomic E-state index is -0.473. The Hall–Kier alpha value is -3.85. The lowest BCUT2D eigenvalue weighted by Gasteiger charge is -2.12. The van der Waals surface area contributed by atoms with Crippen LogP contribution in [0.5, 0.6) is 0 Å². The van der Waals surface area contributed by atoms with Crippen LogP contribution in [0.15, 0.2) is 84.3 Å². The Morgan fingerprint density at radius 3 is 2.45 bits per heavy atom. The molecular formula is C24H23N5O3S. The summed E-state index contributed by atoms with van der Waals surface area (Å²) in [6.07, 6.45) is 4.40. The molecule has 0 atom stereocenters. The molecule has 9 heteroatoms. The largest absolute Gasteiger partial charge is 0.462 e. The van der Waals surface area contributed by atoms with Crippen LogP contribution in [0.1, 0.15) is 28.7 Å². The first kappa shape index (κ1) is 22.3. The van der Waals surface area contributed by atoms with E-state index in [1.54, 1.807) is 31.2 Å². The van der Waals surface area contributed by atoms with E-state index in [0.29, 0.717) is 22.8 Å². The molecule has 0 aliphatic heterocycles. The topological polar surface area (TPSA) is 91.0 Å². The molecule has 168 valence electrons. The van der Waals surface area contributed by atoms with Gasteiger partial charge in [0.2, 0.25) is 11.1 Å². The molecule has 1 amide bonds. The first-order chi connectivity index (χ1) is 16.2. The molecular weight excluding hydrogens is 438 g/mol. The molecule has 0 saturated carbocycles. The van der Waals surface area contributed by atoms with Gasteiger partial charge in [-0.2, -0.15) is 0 Å². The van der Waals surface area contributed by atoms with E-state index < -0.39 is 5.97 Å². The number of carbonyl (C=O) groups excluding carboxylic acids is 2. The average Bonchev–Trinajstić information content (AvgIpc) is 3.49. The van der Waals surface area contributed by atoms with Crippen molar-refractivity contribution in [2.45, 2.75) is 18.5 Å². The van der Waals surface area contributed by atoms with Crippen LogP contribution in [0.4, 0.5) is 5.69 Å². The first-order valence-corrected chi connectivity index (χ1v) is 11.4. The minimum Gasteiger partial charge on any atom is -0.462 e. The number of esters is 1. The van der Waals surface area contributed by atoms with Crippen molar-refractivity contribution >= 4 is 29.3 Å². The zero-order chi connectivity index (χ0) is 23.0. The van der Waals surface area contributed by atoms with E-state index in [9.17, 15) is 9.59 Å². The molecule has 8 nitrogen and oxygen atoms in total. The summed E-state index contributed by atoms with van der Waals surface area (Å²) in [6, 6.07) is 20.6. The average molecular weight is 462 g/mol. The Morgan fingerprint density at radius 2 is 1.70 bits per heavy atom. The molecule has 33 heavy (non-hydrogen) atoms. The number of hydrogen-bond acceptors (Lipinski definition) is 6. The summed E-state index contributed by atoms with van der Waals surface area (Å²) < 4.78 is 8.84. The Kier molecular flexibility index (Phi) is 7.21. The highest BCUT2D eigenvalue weighted by Crippen LogP contribution is 2.21. The monoisotopic (exact) mass is 461 g/mol. The fourth-order valence-corrected chi connectivity index (χ4v) is 4.01. The second-order valence-corrected chi connectivity index (χ2v) is 7.98. The van der Waals surface area contributed by atoms with E-state index in [4.69, 9.17) is 4.74 Å². The number of ether oxygens (including phenoxy) is 1. The Labute approximate surface area is 195 Å². The Bertz CT molecular complexity index is 1220. The second kappa shape index (κ2) is 10.6. The molecule has 0 aliphatic rings. The van der Waals surface area contributed by atoms with Gasteiger partial charge in [-0.05, 0) is 36.8 Å². The summed E-state index contributed by atoms with van der Waals surface area (Å²) in [6.45, 7) is 2.00. The molecule has 2 aromatic carbocycles. The molecule has 1 N–H and O–H groups in total. The number of hydrogen-bond donors (Lipinski definition) is 1. The summed E-state index contributed by atoms with van der Waals surface area (Å²) in [5, 5.41) is 12.1. The first-order valence-electron chi connectivity index (χ1n) is 10.5. The molecule has 0 aliphatic carbocycles. The van der Waals surface area contributed by atoms with Gasteiger partial charge in [-0.3, -0.25) is 9.47 Å².